The summed E-state index contributed by atoms with van der Waals surface area (Å²) in [7, 11) is 0. The van der Waals surface area contributed by atoms with Gasteiger partial charge in [0.25, 0.3) is 5.56 Å². The molecule has 166 valence electrons. The Balaban J connectivity index is 1.64. The highest BCUT2D eigenvalue weighted by atomic mass is 35.5. The standard InChI is InChI=1S/C21H32ClN5O3/c1-2-3-8-13-26-18-17(24-20(22)25-18)19(29)27(21(26)30)14-9-7-12-16(28)23-15-10-5-4-6-11-15/h15H,2-14H2,1H3,(H,23,28)(H,24,25). The van der Waals surface area contributed by atoms with E-state index in [0.717, 1.165) is 32.1 Å². The number of amides is 1. The molecular formula is C21H32ClN5O3. The topological polar surface area (TPSA) is 102 Å². The Hall–Kier alpha value is -2.09. The third-order valence-electron chi connectivity index (χ3n) is 5.82. The Morgan fingerprint density at radius 3 is 2.53 bits per heavy atom. The second-order valence-corrected chi connectivity index (χ2v) is 8.54. The number of aryl methyl sites for hydroxylation is 1. The molecule has 1 aliphatic rings. The monoisotopic (exact) mass is 437 g/mol. The first-order chi connectivity index (χ1) is 14.5. The third-order valence-corrected chi connectivity index (χ3v) is 6.00. The number of fused-ring (bicyclic) bond motifs is 1. The van der Waals surface area contributed by atoms with Gasteiger partial charge in [-0.15, -0.1) is 0 Å². The predicted molar refractivity (Wildman–Crippen MR) is 118 cm³/mol. The van der Waals surface area contributed by atoms with Crippen LogP contribution in [0.1, 0.15) is 77.6 Å². The molecule has 9 heteroatoms. The Bertz CT molecular complexity index is 971. The number of hydrogen-bond donors (Lipinski definition) is 2. The summed E-state index contributed by atoms with van der Waals surface area (Å²) in [5.41, 5.74) is -0.202. The summed E-state index contributed by atoms with van der Waals surface area (Å²) in [4.78, 5) is 44.8. The molecule has 8 nitrogen and oxygen atoms in total. The Labute approximate surface area is 181 Å². The molecule has 0 bridgehead atoms. The fraction of sp³-hybridized carbons (Fsp3) is 0.714. The number of nitrogens with one attached hydrogen (secondary N) is 2. The number of hydrogen-bond acceptors (Lipinski definition) is 4. The highest BCUT2D eigenvalue weighted by Crippen LogP contribution is 2.17. The largest absolute Gasteiger partial charge is 0.353 e. The fourth-order valence-corrected chi connectivity index (χ4v) is 4.33. The van der Waals surface area contributed by atoms with E-state index in [4.69, 9.17) is 11.6 Å². The molecule has 0 spiro atoms. The van der Waals surface area contributed by atoms with Crippen LogP contribution in [0.15, 0.2) is 9.59 Å². The summed E-state index contributed by atoms with van der Waals surface area (Å²) >= 11 is 5.96. The number of aromatic amines is 1. The summed E-state index contributed by atoms with van der Waals surface area (Å²) in [6.07, 6.45) is 10.2. The first-order valence-corrected chi connectivity index (χ1v) is 11.6. The number of nitrogens with zero attached hydrogens (tertiary/aromatic N) is 3. The number of rotatable bonds is 10. The van der Waals surface area contributed by atoms with E-state index in [1.165, 1.54) is 28.4 Å². The van der Waals surface area contributed by atoms with Crippen LogP contribution in [0, 0.1) is 0 Å². The number of carbonyl (C=O) groups is 1. The van der Waals surface area contributed by atoms with Crippen LogP contribution in [0.3, 0.4) is 0 Å². The number of imidazole rings is 1. The normalized spacial score (nSPS) is 15.0. The highest BCUT2D eigenvalue weighted by Gasteiger charge is 2.18. The van der Waals surface area contributed by atoms with Gasteiger partial charge in [-0.1, -0.05) is 39.0 Å². The van der Waals surface area contributed by atoms with Crippen molar-refractivity contribution in [1.82, 2.24) is 24.4 Å². The molecule has 0 radical (unpaired) electrons. The zero-order chi connectivity index (χ0) is 21.5. The number of aromatic nitrogens is 4. The minimum atomic E-state index is -0.409. The maximum atomic E-state index is 12.9. The van der Waals surface area contributed by atoms with Crippen LogP contribution in [0.2, 0.25) is 5.28 Å². The van der Waals surface area contributed by atoms with Gasteiger partial charge < -0.3 is 10.3 Å². The minimum absolute atomic E-state index is 0.0574. The van der Waals surface area contributed by atoms with Crippen molar-refractivity contribution in [3.8, 4) is 0 Å². The number of unbranched alkanes of at least 4 members (excludes halogenated alkanes) is 3. The lowest BCUT2D eigenvalue weighted by atomic mass is 9.95. The smallest absolute Gasteiger partial charge is 0.332 e. The maximum absolute atomic E-state index is 12.9. The molecule has 2 heterocycles. The highest BCUT2D eigenvalue weighted by molar-refractivity contribution is 6.28. The van der Waals surface area contributed by atoms with Gasteiger partial charge in [0.1, 0.15) is 0 Å². The molecule has 30 heavy (non-hydrogen) atoms. The van der Waals surface area contributed by atoms with Gasteiger partial charge in [0.15, 0.2) is 11.2 Å². The lowest BCUT2D eigenvalue weighted by Gasteiger charge is -2.22. The van der Waals surface area contributed by atoms with E-state index in [9.17, 15) is 14.4 Å². The van der Waals surface area contributed by atoms with E-state index in [1.807, 2.05) is 0 Å². The first kappa shape index (κ1) is 22.6. The van der Waals surface area contributed by atoms with Crippen molar-refractivity contribution >= 4 is 28.7 Å². The van der Waals surface area contributed by atoms with Crippen molar-refractivity contribution in [1.29, 1.82) is 0 Å². The third kappa shape index (κ3) is 5.53. The Kier molecular flexibility index (Phi) is 8.13. The molecule has 1 aliphatic carbocycles. The fourth-order valence-electron chi connectivity index (χ4n) is 4.16. The molecule has 1 saturated carbocycles. The van der Waals surface area contributed by atoms with E-state index in [2.05, 4.69) is 22.2 Å². The average Bonchev–Trinajstić information content (AvgIpc) is 3.12. The van der Waals surface area contributed by atoms with E-state index >= 15 is 0 Å². The number of halogens is 1. The molecular weight excluding hydrogens is 406 g/mol. The van der Waals surface area contributed by atoms with Gasteiger partial charge >= 0.3 is 5.69 Å². The van der Waals surface area contributed by atoms with E-state index in [1.54, 1.807) is 0 Å². The summed E-state index contributed by atoms with van der Waals surface area (Å²) in [5.74, 6) is 0.0574. The van der Waals surface area contributed by atoms with Crippen molar-refractivity contribution in [2.75, 3.05) is 0 Å². The van der Waals surface area contributed by atoms with Gasteiger partial charge in [0.05, 0.1) is 0 Å². The molecule has 0 unspecified atom stereocenters. The summed E-state index contributed by atoms with van der Waals surface area (Å²) in [5, 5.41) is 3.20. The van der Waals surface area contributed by atoms with E-state index in [0.29, 0.717) is 37.5 Å². The van der Waals surface area contributed by atoms with Crippen molar-refractivity contribution < 1.29 is 4.79 Å². The van der Waals surface area contributed by atoms with Gasteiger partial charge in [-0.25, -0.2) is 4.79 Å². The summed E-state index contributed by atoms with van der Waals surface area (Å²) in [6.45, 7) is 2.86. The van der Waals surface area contributed by atoms with Crippen LogP contribution in [0.5, 0.6) is 0 Å². The van der Waals surface area contributed by atoms with Gasteiger partial charge in [-0.2, -0.15) is 4.98 Å². The molecule has 0 atom stereocenters. The maximum Gasteiger partial charge on any atom is 0.332 e. The molecule has 1 fully saturated rings. The van der Waals surface area contributed by atoms with Crippen molar-refractivity contribution in [2.24, 2.45) is 0 Å². The minimum Gasteiger partial charge on any atom is -0.353 e. The molecule has 3 rings (SSSR count). The van der Waals surface area contributed by atoms with Crippen LogP contribution in [0.4, 0.5) is 0 Å². The van der Waals surface area contributed by atoms with Crippen molar-refractivity contribution in [3.05, 3.63) is 26.1 Å². The van der Waals surface area contributed by atoms with Gasteiger partial charge in [-0.3, -0.25) is 18.7 Å². The first-order valence-electron chi connectivity index (χ1n) is 11.2. The molecule has 2 aromatic rings. The molecule has 0 saturated heterocycles. The van der Waals surface area contributed by atoms with Gasteiger partial charge in [0, 0.05) is 25.6 Å². The Morgan fingerprint density at radius 2 is 1.80 bits per heavy atom. The second-order valence-electron chi connectivity index (χ2n) is 8.18. The summed E-state index contributed by atoms with van der Waals surface area (Å²) < 4.78 is 2.77. The van der Waals surface area contributed by atoms with Crippen LogP contribution in [-0.4, -0.2) is 31.1 Å². The van der Waals surface area contributed by atoms with Crippen LogP contribution >= 0.6 is 11.6 Å². The second kappa shape index (κ2) is 10.8. The zero-order valence-corrected chi connectivity index (χ0v) is 18.5. The van der Waals surface area contributed by atoms with E-state index in [-0.39, 0.29) is 28.9 Å². The van der Waals surface area contributed by atoms with Crippen molar-refractivity contribution in [2.45, 2.75) is 96.7 Å². The lowest BCUT2D eigenvalue weighted by molar-refractivity contribution is -0.122. The average molecular weight is 438 g/mol. The van der Waals surface area contributed by atoms with Crippen molar-refractivity contribution in [3.63, 3.8) is 0 Å². The lowest BCUT2D eigenvalue weighted by Crippen LogP contribution is -2.40. The zero-order valence-electron chi connectivity index (χ0n) is 17.7. The van der Waals surface area contributed by atoms with Gasteiger partial charge in [0.2, 0.25) is 11.2 Å². The summed E-state index contributed by atoms with van der Waals surface area (Å²) in [6, 6.07) is 0.303. The molecule has 0 aliphatic heterocycles. The van der Waals surface area contributed by atoms with Gasteiger partial charge in [-0.05, 0) is 43.7 Å². The molecule has 0 aromatic carbocycles. The Morgan fingerprint density at radius 1 is 1.10 bits per heavy atom. The van der Waals surface area contributed by atoms with Crippen LogP contribution in [0.25, 0.3) is 11.2 Å². The predicted octanol–water partition coefficient (Wildman–Crippen LogP) is 3.35. The van der Waals surface area contributed by atoms with Crippen LogP contribution in [-0.2, 0) is 17.9 Å². The quantitative estimate of drug-likeness (QED) is 0.439. The van der Waals surface area contributed by atoms with E-state index < -0.39 is 5.56 Å². The molecule has 2 N–H and O–H groups in total. The number of carbonyl (C=O) groups excluding carboxylic acids is 1. The number of H-pyrrole nitrogens is 1. The SMILES string of the molecule is CCCCCn1c(=O)n(CCCCC(=O)NC2CCCCC2)c(=O)c2[nH]c(Cl)nc21. The van der Waals surface area contributed by atoms with Crippen LogP contribution < -0.4 is 16.6 Å². The molecule has 2 aromatic heterocycles. The molecule has 1 amide bonds.